The topological polar surface area (TPSA) is 55.1 Å². The molecule has 0 radical (unpaired) electrons. The van der Waals surface area contributed by atoms with Gasteiger partial charge in [0.1, 0.15) is 0 Å². The van der Waals surface area contributed by atoms with Crippen molar-refractivity contribution in [1.29, 1.82) is 0 Å². The zero-order chi connectivity index (χ0) is 14.7. The lowest BCUT2D eigenvalue weighted by Gasteiger charge is -2.30. The van der Waals surface area contributed by atoms with Gasteiger partial charge in [-0.1, -0.05) is 52.8 Å². The lowest BCUT2D eigenvalue weighted by Crippen LogP contribution is -2.55. The van der Waals surface area contributed by atoms with Gasteiger partial charge in [0.15, 0.2) is 0 Å². The zero-order valence-electron chi connectivity index (χ0n) is 12.7. The Hall–Kier alpha value is -0.640. The Morgan fingerprint density at radius 2 is 1.89 bits per heavy atom. The number of nitrogens with two attached hydrogens (primary N) is 1. The summed E-state index contributed by atoms with van der Waals surface area (Å²) < 4.78 is 0. The van der Waals surface area contributed by atoms with Crippen LogP contribution in [0.2, 0.25) is 0 Å². The predicted molar refractivity (Wildman–Crippen MR) is 84.0 cm³/mol. The summed E-state index contributed by atoms with van der Waals surface area (Å²) in [5.74, 6) is 0.469. The molecule has 0 aromatic rings. The molecule has 4 heteroatoms. The first kappa shape index (κ1) is 16.4. The standard InChI is InChI=1S/C15H28N2OS/c1-11(10-14(2,3)4)9-12(18)17-15(13(16)19)7-5-6-8-15/h11H,5-10H2,1-4H3,(H2,16,19)(H,17,18). The van der Waals surface area contributed by atoms with Crippen molar-refractivity contribution >= 4 is 23.1 Å². The molecule has 1 saturated carbocycles. The normalized spacial score (nSPS) is 20.0. The molecule has 1 amide bonds. The molecular weight excluding hydrogens is 256 g/mol. The van der Waals surface area contributed by atoms with Crippen LogP contribution in [0.4, 0.5) is 0 Å². The molecule has 1 rings (SSSR count). The van der Waals surface area contributed by atoms with E-state index in [1.54, 1.807) is 0 Å². The second kappa shape index (κ2) is 6.21. The van der Waals surface area contributed by atoms with Gasteiger partial charge in [0.05, 0.1) is 10.5 Å². The van der Waals surface area contributed by atoms with Gasteiger partial charge in [0, 0.05) is 6.42 Å². The molecule has 1 atom stereocenters. The Balaban J connectivity index is 2.52. The highest BCUT2D eigenvalue weighted by Gasteiger charge is 2.38. The minimum atomic E-state index is -0.409. The molecular formula is C15H28N2OS. The largest absolute Gasteiger partial charge is 0.391 e. The minimum Gasteiger partial charge on any atom is -0.391 e. The van der Waals surface area contributed by atoms with E-state index in [-0.39, 0.29) is 11.3 Å². The maximum absolute atomic E-state index is 12.2. The molecule has 3 N–H and O–H groups in total. The summed E-state index contributed by atoms with van der Waals surface area (Å²) in [6, 6.07) is 0. The fraction of sp³-hybridized carbons (Fsp3) is 0.867. The van der Waals surface area contributed by atoms with Gasteiger partial charge < -0.3 is 11.1 Å². The van der Waals surface area contributed by atoms with Gasteiger partial charge in [0.25, 0.3) is 0 Å². The summed E-state index contributed by atoms with van der Waals surface area (Å²) in [6.45, 7) is 8.74. The van der Waals surface area contributed by atoms with E-state index < -0.39 is 5.54 Å². The molecule has 1 aliphatic carbocycles. The molecule has 0 aliphatic heterocycles. The van der Waals surface area contributed by atoms with Gasteiger partial charge in [-0.05, 0) is 30.6 Å². The van der Waals surface area contributed by atoms with E-state index in [0.29, 0.717) is 17.3 Å². The summed E-state index contributed by atoms with van der Waals surface area (Å²) in [5.41, 5.74) is 5.68. The molecule has 0 spiro atoms. The van der Waals surface area contributed by atoms with E-state index >= 15 is 0 Å². The van der Waals surface area contributed by atoms with E-state index in [0.717, 1.165) is 32.1 Å². The van der Waals surface area contributed by atoms with Crippen LogP contribution in [0, 0.1) is 11.3 Å². The van der Waals surface area contributed by atoms with Crippen LogP contribution < -0.4 is 11.1 Å². The van der Waals surface area contributed by atoms with Crippen molar-refractivity contribution in [2.75, 3.05) is 0 Å². The summed E-state index contributed by atoms with van der Waals surface area (Å²) in [4.78, 5) is 12.6. The fourth-order valence-corrected chi connectivity index (χ4v) is 3.42. The number of amides is 1. The van der Waals surface area contributed by atoms with Crippen molar-refractivity contribution in [2.24, 2.45) is 17.1 Å². The monoisotopic (exact) mass is 284 g/mol. The molecule has 1 fully saturated rings. The quantitative estimate of drug-likeness (QED) is 0.762. The molecule has 0 aromatic carbocycles. The zero-order valence-corrected chi connectivity index (χ0v) is 13.5. The maximum atomic E-state index is 12.2. The first-order chi connectivity index (χ1) is 8.65. The minimum absolute atomic E-state index is 0.0893. The number of hydrogen-bond donors (Lipinski definition) is 2. The van der Waals surface area contributed by atoms with Gasteiger partial charge in [-0.3, -0.25) is 4.79 Å². The molecule has 1 aliphatic rings. The second-order valence-electron chi connectivity index (χ2n) is 7.28. The predicted octanol–water partition coefficient (Wildman–Crippen LogP) is 3.16. The second-order valence-corrected chi connectivity index (χ2v) is 7.72. The van der Waals surface area contributed by atoms with Gasteiger partial charge in [-0.2, -0.15) is 0 Å². The summed E-state index contributed by atoms with van der Waals surface area (Å²) >= 11 is 5.15. The molecule has 110 valence electrons. The van der Waals surface area contributed by atoms with Crippen molar-refractivity contribution in [3.05, 3.63) is 0 Å². The third kappa shape index (κ3) is 5.09. The Bertz CT molecular complexity index is 341. The third-order valence-electron chi connectivity index (χ3n) is 3.80. The third-order valence-corrected chi connectivity index (χ3v) is 4.19. The fourth-order valence-electron chi connectivity index (χ4n) is 3.16. The number of thiocarbonyl (C=S) groups is 1. The first-order valence-corrected chi connectivity index (χ1v) is 7.66. The van der Waals surface area contributed by atoms with Crippen LogP contribution in [0.15, 0.2) is 0 Å². The maximum Gasteiger partial charge on any atom is 0.221 e. The van der Waals surface area contributed by atoms with Crippen LogP contribution in [0.25, 0.3) is 0 Å². The van der Waals surface area contributed by atoms with Crippen molar-refractivity contribution in [1.82, 2.24) is 5.32 Å². The van der Waals surface area contributed by atoms with Crippen LogP contribution in [0.1, 0.15) is 66.2 Å². The lowest BCUT2D eigenvalue weighted by molar-refractivity contribution is -0.123. The Morgan fingerprint density at radius 1 is 1.37 bits per heavy atom. The number of hydrogen-bond acceptors (Lipinski definition) is 2. The molecule has 0 heterocycles. The van der Waals surface area contributed by atoms with Crippen molar-refractivity contribution in [2.45, 2.75) is 71.8 Å². The summed E-state index contributed by atoms with van der Waals surface area (Å²) in [6.07, 6.45) is 5.57. The Morgan fingerprint density at radius 3 is 2.32 bits per heavy atom. The smallest absolute Gasteiger partial charge is 0.221 e. The first-order valence-electron chi connectivity index (χ1n) is 7.25. The van der Waals surface area contributed by atoms with Crippen LogP contribution in [-0.4, -0.2) is 16.4 Å². The Labute approximate surface area is 122 Å². The average Bonchev–Trinajstić information content (AvgIpc) is 2.63. The number of carbonyl (C=O) groups excluding carboxylic acids is 1. The number of nitrogens with one attached hydrogen (secondary N) is 1. The molecule has 0 aromatic heterocycles. The van der Waals surface area contributed by atoms with E-state index in [1.165, 1.54) is 0 Å². The van der Waals surface area contributed by atoms with Crippen LogP contribution in [0.5, 0.6) is 0 Å². The highest BCUT2D eigenvalue weighted by molar-refractivity contribution is 7.80. The van der Waals surface area contributed by atoms with Gasteiger partial charge in [-0.25, -0.2) is 0 Å². The average molecular weight is 284 g/mol. The highest BCUT2D eigenvalue weighted by atomic mass is 32.1. The number of carbonyl (C=O) groups is 1. The van der Waals surface area contributed by atoms with Crippen LogP contribution >= 0.6 is 12.2 Å². The van der Waals surface area contributed by atoms with Gasteiger partial charge in [-0.15, -0.1) is 0 Å². The van der Waals surface area contributed by atoms with E-state index in [2.05, 4.69) is 33.0 Å². The summed E-state index contributed by atoms with van der Waals surface area (Å²) in [7, 11) is 0. The van der Waals surface area contributed by atoms with E-state index in [4.69, 9.17) is 18.0 Å². The van der Waals surface area contributed by atoms with Crippen molar-refractivity contribution in [3.8, 4) is 0 Å². The molecule has 3 nitrogen and oxygen atoms in total. The highest BCUT2D eigenvalue weighted by Crippen LogP contribution is 2.31. The molecule has 1 unspecified atom stereocenters. The van der Waals surface area contributed by atoms with E-state index in [9.17, 15) is 4.79 Å². The molecule has 0 saturated heterocycles. The van der Waals surface area contributed by atoms with E-state index in [1.807, 2.05) is 0 Å². The van der Waals surface area contributed by atoms with Crippen molar-refractivity contribution in [3.63, 3.8) is 0 Å². The number of rotatable bonds is 5. The lowest BCUT2D eigenvalue weighted by atomic mass is 9.84. The summed E-state index contributed by atoms with van der Waals surface area (Å²) in [5, 5.41) is 3.10. The van der Waals surface area contributed by atoms with Crippen molar-refractivity contribution < 1.29 is 4.79 Å². The Kier molecular flexibility index (Phi) is 5.36. The SMILES string of the molecule is CC(CC(=O)NC1(C(N)=S)CCCC1)CC(C)(C)C. The molecule has 0 bridgehead atoms. The van der Waals surface area contributed by atoms with Gasteiger partial charge in [0.2, 0.25) is 5.91 Å². The van der Waals surface area contributed by atoms with Gasteiger partial charge >= 0.3 is 0 Å². The van der Waals surface area contributed by atoms with Crippen LogP contribution in [0.3, 0.4) is 0 Å². The molecule has 19 heavy (non-hydrogen) atoms. The van der Waals surface area contributed by atoms with Crippen LogP contribution in [-0.2, 0) is 4.79 Å².